The van der Waals surface area contributed by atoms with Gasteiger partial charge in [0.05, 0.1) is 16.5 Å². The molecule has 184 valence electrons. The van der Waals surface area contributed by atoms with Crippen LogP contribution in [0, 0.1) is 12.3 Å². The number of carboxylic acid groups (broad SMARTS) is 1. The quantitative estimate of drug-likeness (QED) is 0.316. The Kier molecular flexibility index (Phi) is 8.32. The first-order valence-corrected chi connectivity index (χ1v) is 12.4. The Morgan fingerprint density at radius 1 is 1.24 bits per heavy atom. The molecule has 3 amide bonds. The predicted octanol–water partition coefficient (Wildman–Crippen LogP) is 2.18. The largest absolute Gasteiger partial charge is 0.477 e. The van der Waals surface area contributed by atoms with E-state index in [0.29, 0.717) is 48.9 Å². The van der Waals surface area contributed by atoms with E-state index in [1.54, 1.807) is 19.2 Å². The number of hydrogen-bond acceptors (Lipinski definition) is 7. The third kappa shape index (κ3) is 5.41. The van der Waals surface area contributed by atoms with Crippen LogP contribution in [0.4, 0.5) is 0 Å². The molecule has 1 saturated heterocycles. The topological polar surface area (TPSA) is 157 Å². The molecule has 1 saturated carbocycles. The monoisotopic (exact) mass is 489 g/mol. The average Bonchev–Trinajstić information content (AvgIpc) is 3.44. The lowest BCUT2D eigenvalue weighted by Gasteiger charge is -2.36. The van der Waals surface area contributed by atoms with Gasteiger partial charge in [0.1, 0.15) is 12.3 Å². The Bertz CT molecular complexity index is 1010. The number of amidine groups is 1. The zero-order chi connectivity index (χ0) is 25.0. The van der Waals surface area contributed by atoms with Crippen LogP contribution >= 0.6 is 11.3 Å². The first-order chi connectivity index (χ1) is 16.1. The van der Waals surface area contributed by atoms with Gasteiger partial charge < -0.3 is 15.7 Å². The van der Waals surface area contributed by atoms with Crippen molar-refractivity contribution in [2.75, 3.05) is 6.54 Å². The van der Waals surface area contributed by atoms with Gasteiger partial charge >= 0.3 is 5.97 Å². The molecule has 4 N–H and O–H groups in total. The molecule has 2 aliphatic rings. The van der Waals surface area contributed by atoms with Crippen molar-refractivity contribution >= 4 is 47.1 Å². The summed E-state index contributed by atoms with van der Waals surface area (Å²) in [4.78, 5) is 57.7. The lowest BCUT2D eigenvalue weighted by Crippen LogP contribution is -2.55. The van der Waals surface area contributed by atoms with E-state index < -0.39 is 24.0 Å². The van der Waals surface area contributed by atoms with Gasteiger partial charge in [-0.05, 0) is 45.1 Å². The highest BCUT2D eigenvalue weighted by Crippen LogP contribution is 2.31. The summed E-state index contributed by atoms with van der Waals surface area (Å²) in [6.45, 7) is 3.68. The lowest BCUT2D eigenvalue weighted by molar-refractivity contribution is -0.144. The zero-order valence-electron chi connectivity index (χ0n) is 19.5. The molecule has 0 aromatic carbocycles. The molecule has 1 aromatic heterocycles. The van der Waals surface area contributed by atoms with Gasteiger partial charge in [0.25, 0.3) is 11.8 Å². The normalized spacial score (nSPS) is 19.9. The van der Waals surface area contributed by atoms with Gasteiger partial charge in [-0.15, -0.1) is 11.3 Å². The smallest absolute Gasteiger partial charge is 0.347 e. The molecule has 1 aromatic rings. The van der Waals surface area contributed by atoms with Crippen LogP contribution < -0.4 is 5.73 Å². The van der Waals surface area contributed by atoms with Crippen LogP contribution in [-0.2, 0) is 14.4 Å². The van der Waals surface area contributed by atoms with Gasteiger partial charge in [0.2, 0.25) is 5.91 Å². The predicted molar refractivity (Wildman–Crippen MR) is 128 cm³/mol. The van der Waals surface area contributed by atoms with Crippen molar-refractivity contribution in [3.63, 3.8) is 0 Å². The number of hydrogen-bond donors (Lipinski definition) is 3. The molecule has 0 bridgehead atoms. The summed E-state index contributed by atoms with van der Waals surface area (Å²) < 4.78 is 0. The summed E-state index contributed by atoms with van der Waals surface area (Å²) in [6.07, 6.45) is 6.07. The molecule has 0 unspecified atom stereocenters. The number of thiophene rings is 1. The van der Waals surface area contributed by atoms with Crippen molar-refractivity contribution < 1.29 is 24.3 Å². The summed E-state index contributed by atoms with van der Waals surface area (Å²) in [5.74, 6) is -2.66. The standard InChI is InChI=1S/C23H31N5O5S/c1-13-16(12-34-19(13)20(25)26-11-18(29)30)22(32)28(15-7-4-3-5-8-15)23(33)17-9-6-10-27(17)21(31)14(2)24/h11-12,14-15,17,25H,3-10,24H2,1-2H3,(H,29,30)/t14-,17-/m0/s1. The molecule has 34 heavy (non-hydrogen) atoms. The molecule has 11 heteroatoms. The van der Waals surface area contributed by atoms with Gasteiger partial charge in [-0.3, -0.25) is 24.7 Å². The van der Waals surface area contributed by atoms with Gasteiger partial charge in [-0.25, -0.2) is 9.79 Å². The Morgan fingerprint density at radius 2 is 1.91 bits per heavy atom. The summed E-state index contributed by atoms with van der Waals surface area (Å²) in [6, 6.07) is -1.71. The number of carboxylic acids is 1. The third-order valence-corrected chi connectivity index (χ3v) is 7.48. The second-order valence-corrected chi connectivity index (χ2v) is 9.71. The van der Waals surface area contributed by atoms with Crippen molar-refractivity contribution in [1.82, 2.24) is 9.80 Å². The zero-order valence-corrected chi connectivity index (χ0v) is 20.3. The van der Waals surface area contributed by atoms with E-state index in [0.717, 1.165) is 30.6 Å². The number of nitrogens with two attached hydrogens (primary N) is 1. The molecule has 3 rings (SSSR count). The number of rotatable bonds is 6. The second kappa shape index (κ2) is 11.0. The van der Waals surface area contributed by atoms with Crippen LogP contribution in [0.3, 0.4) is 0 Å². The third-order valence-electron chi connectivity index (χ3n) is 6.40. The highest BCUT2D eigenvalue weighted by molar-refractivity contribution is 7.12. The van der Waals surface area contributed by atoms with E-state index >= 15 is 0 Å². The minimum atomic E-state index is -1.27. The highest BCUT2D eigenvalue weighted by Gasteiger charge is 2.42. The minimum absolute atomic E-state index is 0.256. The fraction of sp³-hybridized carbons (Fsp3) is 0.565. The Hall–Kier alpha value is -2.92. The Morgan fingerprint density at radius 3 is 2.53 bits per heavy atom. The Labute approximate surface area is 202 Å². The summed E-state index contributed by atoms with van der Waals surface area (Å²) in [5.41, 5.74) is 6.56. The molecule has 10 nitrogen and oxygen atoms in total. The molecular formula is C23H31N5O5S. The SMILES string of the molecule is Cc1c(C(=O)N(C(=O)[C@@H]2CCCN2C(=O)[C@H](C)N)C2CCCCC2)csc1C(=N)N=CC(=O)O. The summed E-state index contributed by atoms with van der Waals surface area (Å²) in [7, 11) is 0. The number of nitrogens with zero attached hydrogens (tertiary/aromatic N) is 3. The molecule has 1 aliphatic heterocycles. The molecule has 0 spiro atoms. The number of amides is 3. The number of aliphatic carboxylic acids is 1. The van der Waals surface area contributed by atoms with Crippen LogP contribution in [0.1, 0.15) is 72.7 Å². The molecule has 1 aliphatic carbocycles. The first-order valence-electron chi connectivity index (χ1n) is 11.5. The van der Waals surface area contributed by atoms with E-state index in [2.05, 4.69) is 4.99 Å². The highest BCUT2D eigenvalue weighted by atomic mass is 32.1. The summed E-state index contributed by atoms with van der Waals surface area (Å²) in [5, 5.41) is 18.4. The van der Waals surface area contributed by atoms with Crippen LogP contribution in [0.2, 0.25) is 0 Å². The fourth-order valence-corrected chi connectivity index (χ4v) is 5.63. The van der Waals surface area contributed by atoms with Crippen molar-refractivity contribution in [1.29, 1.82) is 5.41 Å². The minimum Gasteiger partial charge on any atom is -0.477 e. The first kappa shape index (κ1) is 25.7. The maximum Gasteiger partial charge on any atom is 0.347 e. The van der Waals surface area contributed by atoms with Gasteiger partial charge in [-0.1, -0.05) is 19.3 Å². The van der Waals surface area contributed by atoms with Crippen LogP contribution in [0.5, 0.6) is 0 Å². The number of carbonyl (C=O) groups is 4. The van der Waals surface area contributed by atoms with Gasteiger partial charge in [0.15, 0.2) is 5.84 Å². The average molecular weight is 490 g/mol. The van der Waals surface area contributed by atoms with E-state index in [1.807, 2.05) is 0 Å². The fourth-order valence-electron chi connectivity index (χ4n) is 4.66. The molecule has 2 heterocycles. The van der Waals surface area contributed by atoms with E-state index in [-0.39, 0.29) is 29.3 Å². The number of imide groups is 1. The Balaban J connectivity index is 1.93. The molecular weight excluding hydrogens is 458 g/mol. The van der Waals surface area contributed by atoms with E-state index in [4.69, 9.17) is 16.2 Å². The number of likely N-dealkylation sites (tertiary alicyclic amines) is 1. The molecule has 2 fully saturated rings. The van der Waals surface area contributed by atoms with Crippen LogP contribution in [0.25, 0.3) is 0 Å². The molecule has 0 radical (unpaired) electrons. The van der Waals surface area contributed by atoms with Crippen molar-refractivity contribution in [2.45, 2.75) is 76.9 Å². The van der Waals surface area contributed by atoms with Crippen molar-refractivity contribution in [3.05, 3.63) is 21.4 Å². The van der Waals surface area contributed by atoms with Crippen molar-refractivity contribution in [3.8, 4) is 0 Å². The van der Waals surface area contributed by atoms with E-state index in [9.17, 15) is 19.2 Å². The lowest BCUT2D eigenvalue weighted by atomic mass is 9.92. The maximum absolute atomic E-state index is 13.8. The second-order valence-electron chi connectivity index (χ2n) is 8.83. The van der Waals surface area contributed by atoms with Crippen LogP contribution in [-0.4, -0.2) is 75.3 Å². The maximum atomic E-state index is 13.8. The summed E-state index contributed by atoms with van der Waals surface area (Å²) >= 11 is 1.11. The number of nitrogens with one attached hydrogen (secondary N) is 1. The van der Waals surface area contributed by atoms with E-state index in [1.165, 1.54) is 9.80 Å². The van der Waals surface area contributed by atoms with Gasteiger partial charge in [0, 0.05) is 18.0 Å². The number of aliphatic imine (C=N–C) groups is 1. The van der Waals surface area contributed by atoms with Gasteiger partial charge in [-0.2, -0.15) is 0 Å². The van der Waals surface area contributed by atoms with Crippen molar-refractivity contribution in [2.24, 2.45) is 10.7 Å². The van der Waals surface area contributed by atoms with Crippen LogP contribution in [0.15, 0.2) is 10.4 Å². The number of carbonyl (C=O) groups excluding carboxylic acids is 3. The molecule has 2 atom stereocenters.